The third-order valence-electron chi connectivity index (χ3n) is 5.27. The van der Waals surface area contributed by atoms with Gasteiger partial charge in [-0.25, -0.2) is 15.0 Å². The first kappa shape index (κ1) is 21.7. The van der Waals surface area contributed by atoms with E-state index in [4.69, 9.17) is 19.4 Å². The number of aromatic nitrogens is 4. The van der Waals surface area contributed by atoms with Gasteiger partial charge in [0, 0.05) is 18.8 Å². The van der Waals surface area contributed by atoms with E-state index < -0.39 is 0 Å². The van der Waals surface area contributed by atoms with E-state index in [-0.39, 0.29) is 12.0 Å². The Hall–Kier alpha value is -2.96. The number of pyridine rings is 1. The molecule has 0 aliphatic heterocycles. The monoisotopic (exact) mass is 410 g/mol. The SMILES string of the molecule is CCC(COC(C)=O)n1cc(C)c2nc(-c3ccc(C(C)C)nc3OC)c(C)nc21. The number of carbonyl (C=O) groups is 1. The van der Waals surface area contributed by atoms with Crippen molar-refractivity contribution in [1.29, 1.82) is 0 Å². The van der Waals surface area contributed by atoms with Gasteiger partial charge in [-0.2, -0.15) is 0 Å². The van der Waals surface area contributed by atoms with Crippen molar-refractivity contribution in [2.45, 2.75) is 59.9 Å². The van der Waals surface area contributed by atoms with Crippen molar-refractivity contribution in [3.05, 3.63) is 35.3 Å². The standard InChI is InChI=1S/C23H30N4O3/c1-8-17(12-30-16(6)28)27-11-14(4)20-22(27)24-15(5)21(26-20)18-9-10-19(13(2)3)25-23(18)29-7/h9-11,13,17H,8,12H2,1-7H3. The second-order valence-electron chi connectivity index (χ2n) is 7.86. The molecule has 0 aliphatic rings. The number of methoxy groups -OCH3 is 1. The predicted molar refractivity (Wildman–Crippen MR) is 117 cm³/mol. The van der Waals surface area contributed by atoms with Crippen LogP contribution in [0.3, 0.4) is 0 Å². The minimum absolute atomic E-state index is 0.00572. The molecule has 3 heterocycles. The van der Waals surface area contributed by atoms with Crippen LogP contribution in [0.1, 0.15) is 63.0 Å². The molecular weight excluding hydrogens is 380 g/mol. The van der Waals surface area contributed by atoms with Crippen LogP contribution in [0.15, 0.2) is 18.3 Å². The normalized spacial score (nSPS) is 12.4. The Morgan fingerprint density at radius 2 is 1.90 bits per heavy atom. The van der Waals surface area contributed by atoms with Crippen molar-refractivity contribution in [2.75, 3.05) is 13.7 Å². The van der Waals surface area contributed by atoms with Gasteiger partial charge in [0.15, 0.2) is 5.65 Å². The maximum atomic E-state index is 11.3. The molecular formula is C23H30N4O3. The van der Waals surface area contributed by atoms with Crippen LogP contribution < -0.4 is 4.74 Å². The summed E-state index contributed by atoms with van der Waals surface area (Å²) in [7, 11) is 1.62. The topological polar surface area (TPSA) is 79.1 Å². The Kier molecular flexibility index (Phi) is 6.39. The molecule has 0 aromatic carbocycles. The van der Waals surface area contributed by atoms with Gasteiger partial charge in [-0.05, 0) is 43.9 Å². The Morgan fingerprint density at radius 3 is 2.50 bits per heavy atom. The smallest absolute Gasteiger partial charge is 0.302 e. The molecule has 0 fully saturated rings. The number of hydrogen-bond acceptors (Lipinski definition) is 6. The summed E-state index contributed by atoms with van der Waals surface area (Å²) in [5.74, 6) is 0.578. The second kappa shape index (κ2) is 8.81. The summed E-state index contributed by atoms with van der Waals surface area (Å²) in [4.78, 5) is 25.8. The lowest BCUT2D eigenvalue weighted by molar-refractivity contribution is -0.142. The van der Waals surface area contributed by atoms with Crippen LogP contribution in [0.2, 0.25) is 0 Å². The number of hydrogen-bond donors (Lipinski definition) is 0. The molecule has 0 bridgehead atoms. The van der Waals surface area contributed by atoms with Gasteiger partial charge in [0.25, 0.3) is 0 Å². The molecule has 3 aromatic rings. The Balaban J connectivity index is 2.11. The fourth-order valence-corrected chi connectivity index (χ4v) is 3.54. The summed E-state index contributed by atoms with van der Waals surface area (Å²) in [6.45, 7) is 12.0. The third kappa shape index (κ3) is 4.15. The number of ether oxygens (including phenoxy) is 2. The van der Waals surface area contributed by atoms with Gasteiger partial charge >= 0.3 is 5.97 Å². The van der Waals surface area contributed by atoms with Crippen LogP contribution in [0.5, 0.6) is 5.88 Å². The second-order valence-corrected chi connectivity index (χ2v) is 7.86. The largest absolute Gasteiger partial charge is 0.480 e. The summed E-state index contributed by atoms with van der Waals surface area (Å²) in [5, 5.41) is 0. The van der Waals surface area contributed by atoms with Crippen LogP contribution >= 0.6 is 0 Å². The van der Waals surface area contributed by atoms with E-state index in [0.29, 0.717) is 18.4 Å². The zero-order chi connectivity index (χ0) is 22.0. The van der Waals surface area contributed by atoms with Crippen molar-refractivity contribution >= 4 is 17.1 Å². The third-order valence-corrected chi connectivity index (χ3v) is 5.27. The van der Waals surface area contributed by atoms with Gasteiger partial charge in [-0.3, -0.25) is 4.79 Å². The quantitative estimate of drug-likeness (QED) is 0.523. The molecule has 0 radical (unpaired) electrons. The van der Waals surface area contributed by atoms with Crippen molar-refractivity contribution in [1.82, 2.24) is 19.5 Å². The first-order valence-corrected chi connectivity index (χ1v) is 10.3. The van der Waals surface area contributed by atoms with E-state index in [9.17, 15) is 4.79 Å². The molecule has 0 amide bonds. The highest BCUT2D eigenvalue weighted by Crippen LogP contribution is 2.33. The molecule has 0 aliphatic carbocycles. The molecule has 0 saturated carbocycles. The summed E-state index contributed by atoms with van der Waals surface area (Å²) >= 11 is 0. The molecule has 3 rings (SSSR count). The average molecular weight is 411 g/mol. The maximum Gasteiger partial charge on any atom is 0.302 e. The van der Waals surface area contributed by atoms with E-state index in [1.54, 1.807) is 7.11 Å². The Bertz CT molecular complexity index is 1070. The maximum absolute atomic E-state index is 11.3. The zero-order valence-corrected chi connectivity index (χ0v) is 18.8. The lowest BCUT2D eigenvalue weighted by Crippen LogP contribution is -2.16. The molecule has 1 atom stereocenters. The fourth-order valence-electron chi connectivity index (χ4n) is 3.54. The van der Waals surface area contributed by atoms with Crippen molar-refractivity contribution in [2.24, 2.45) is 0 Å². The number of rotatable bonds is 7. The van der Waals surface area contributed by atoms with Gasteiger partial charge in [0.2, 0.25) is 5.88 Å². The molecule has 0 N–H and O–H groups in total. The fraction of sp³-hybridized carbons (Fsp3) is 0.478. The minimum atomic E-state index is -0.282. The molecule has 0 saturated heterocycles. The van der Waals surface area contributed by atoms with Crippen LogP contribution in [0.4, 0.5) is 0 Å². The van der Waals surface area contributed by atoms with E-state index in [0.717, 1.165) is 45.8 Å². The van der Waals surface area contributed by atoms with E-state index in [1.807, 2.05) is 32.2 Å². The number of nitrogens with zero attached hydrogens (tertiary/aromatic N) is 4. The number of esters is 1. The lowest BCUT2D eigenvalue weighted by Gasteiger charge is -2.18. The van der Waals surface area contributed by atoms with Crippen LogP contribution in [-0.2, 0) is 9.53 Å². The van der Waals surface area contributed by atoms with E-state index in [1.165, 1.54) is 6.92 Å². The van der Waals surface area contributed by atoms with Gasteiger partial charge in [-0.15, -0.1) is 0 Å². The highest BCUT2D eigenvalue weighted by molar-refractivity contribution is 5.81. The van der Waals surface area contributed by atoms with E-state index >= 15 is 0 Å². The molecule has 7 heteroatoms. The summed E-state index contributed by atoms with van der Waals surface area (Å²) in [5.41, 5.74) is 5.99. The molecule has 0 spiro atoms. The molecule has 3 aromatic heterocycles. The minimum Gasteiger partial charge on any atom is -0.480 e. The zero-order valence-electron chi connectivity index (χ0n) is 18.8. The van der Waals surface area contributed by atoms with Gasteiger partial charge in [0.1, 0.15) is 12.1 Å². The summed E-state index contributed by atoms with van der Waals surface area (Å²) < 4.78 is 12.9. The first-order valence-electron chi connectivity index (χ1n) is 10.3. The Labute approximate surface area is 177 Å². The summed E-state index contributed by atoms with van der Waals surface area (Å²) in [6.07, 6.45) is 2.84. The Morgan fingerprint density at radius 1 is 1.17 bits per heavy atom. The first-order chi connectivity index (χ1) is 14.3. The van der Waals surface area contributed by atoms with Crippen LogP contribution in [0.25, 0.3) is 22.4 Å². The van der Waals surface area contributed by atoms with E-state index in [2.05, 4.69) is 30.3 Å². The lowest BCUT2D eigenvalue weighted by atomic mass is 10.1. The number of fused-ring (bicyclic) bond motifs is 1. The van der Waals surface area contributed by atoms with Crippen molar-refractivity contribution in [3.63, 3.8) is 0 Å². The average Bonchev–Trinajstić information content (AvgIpc) is 3.02. The van der Waals surface area contributed by atoms with Crippen molar-refractivity contribution < 1.29 is 14.3 Å². The summed E-state index contributed by atoms with van der Waals surface area (Å²) in [6, 6.07) is 4.02. The highest BCUT2D eigenvalue weighted by atomic mass is 16.5. The highest BCUT2D eigenvalue weighted by Gasteiger charge is 2.21. The molecule has 7 nitrogen and oxygen atoms in total. The molecule has 1 unspecified atom stereocenters. The number of carbonyl (C=O) groups excluding carboxylic acids is 1. The van der Waals surface area contributed by atoms with Gasteiger partial charge in [0.05, 0.1) is 30.1 Å². The van der Waals surface area contributed by atoms with Crippen LogP contribution in [0, 0.1) is 13.8 Å². The van der Waals surface area contributed by atoms with Crippen LogP contribution in [-0.4, -0.2) is 39.2 Å². The molecule has 160 valence electrons. The van der Waals surface area contributed by atoms with Crippen molar-refractivity contribution in [3.8, 4) is 17.1 Å². The molecule has 30 heavy (non-hydrogen) atoms. The number of aryl methyl sites for hydroxylation is 2. The van der Waals surface area contributed by atoms with Gasteiger partial charge in [-0.1, -0.05) is 20.8 Å². The van der Waals surface area contributed by atoms with Gasteiger partial charge < -0.3 is 14.0 Å². The predicted octanol–water partition coefficient (Wildman–Crippen LogP) is 4.76.